The van der Waals surface area contributed by atoms with Gasteiger partial charge in [-0.2, -0.15) is 0 Å². The molecule has 0 bridgehead atoms. The lowest BCUT2D eigenvalue weighted by molar-refractivity contribution is -0.121. The fraction of sp³-hybridized carbons (Fsp3) is 0.294. The molecule has 0 spiro atoms. The number of carbonyl (C=O) groups is 2. The van der Waals surface area contributed by atoms with Crippen molar-refractivity contribution in [2.24, 2.45) is 0 Å². The number of piperazine rings is 1. The molecule has 1 fully saturated rings. The summed E-state index contributed by atoms with van der Waals surface area (Å²) < 4.78 is 0. The van der Waals surface area contributed by atoms with Crippen molar-refractivity contribution in [3.63, 3.8) is 0 Å². The van der Waals surface area contributed by atoms with Gasteiger partial charge >= 0.3 is 0 Å². The fourth-order valence-corrected chi connectivity index (χ4v) is 2.87. The van der Waals surface area contributed by atoms with Crippen LogP contribution in [-0.4, -0.2) is 46.3 Å². The second-order valence-electron chi connectivity index (χ2n) is 5.83. The number of rotatable bonds is 4. The Balaban J connectivity index is 1.59. The van der Waals surface area contributed by atoms with Crippen LogP contribution in [0.4, 0.5) is 11.5 Å². The summed E-state index contributed by atoms with van der Waals surface area (Å²) in [6.45, 7) is 3.75. The number of halogens is 1. The molecule has 2 heterocycles. The van der Waals surface area contributed by atoms with Crippen LogP contribution >= 0.6 is 11.6 Å². The van der Waals surface area contributed by atoms with Crippen LogP contribution in [0.2, 0.25) is 5.15 Å². The molecule has 0 unspecified atom stereocenters. The number of nitrogens with zero attached hydrogens (tertiary/aromatic N) is 4. The Morgan fingerprint density at radius 1 is 1.24 bits per heavy atom. The number of hydrogen-bond donors (Lipinski definition) is 1. The third-order valence-corrected chi connectivity index (χ3v) is 4.08. The zero-order valence-corrected chi connectivity index (χ0v) is 14.5. The minimum absolute atomic E-state index is 0.0177. The maximum atomic E-state index is 12.4. The van der Waals surface area contributed by atoms with Gasteiger partial charge < -0.3 is 5.32 Å². The number of hydrogen-bond acceptors (Lipinski definition) is 5. The highest BCUT2D eigenvalue weighted by Gasteiger charge is 2.26. The van der Waals surface area contributed by atoms with Crippen LogP contribution in [0.1, 0.15) is 12.5 Å². The first kappa shape index (κ1) is 17.3. The van der Waals surface area contributed by atoms with E-state index in [1.165, 1.54) is 13.3 Å². The normalized spacial score (nSPS) is 15.3. The van der Waals surface area contributed by atoms with Crippen LogP contribution in [0.5, 0.6) is 0 Å². The molecule has 0 radical (unpaired) electrons. The number of carbonyl (C=O) groups excluding carboxylic acids is 2. The van der Waals surface area contributed by atoms with Gasteiger partial charge in [0, 0.05) is 38.3 Å². The molecule has 8 heteroatoms. The highest BCUT2D eigenvalue weighted by Crippen LogP contribution is 2.18. The molecule has 2 aromatic rings. The van der Waals surface area contributed by atoms with Gasteiger partial charge in [0.1, 0.15) is 17.3 Å². The summed E-state index contributed by atoms with van der Waals surface area (Å²) in [5.41, 5.74) is 1.85. The molecule has 0 atom stereocenters. The Morgan fingerprint density at radius 2 is 2.00 bits per heavy atom. The van der Waals surface area contributed by atoms with E-state index in [0.717, 1.165) is 17.8 Å². The second kappa shape index (κ2) is 7.58. The number of benzene rings is 1. The molecule has 1 saturated heterocycles. The van der Waals surface area contributed by atoms with Crippen molar-refractivity contribution in [3.8, 4) is 0 Å². The van der Waals surface area contributed by atoms with E-state index < -0.39 is 0 Å². The Kier molecular flexibility index (Phi) is 5.25. The summed E-state index contributed by atoms with van der Waals surface area (Å²) in [7, 11) is 0. The molecule has 1 aliphatic rings. The Labute approximate surface area is 150 Å². The molecule has 1 aromatic carbocycles. The van der Waals surface area contributed by atoms with Crippen molar-refractivity contribution in [3.05, 3.63) is 47.4 Å². The topological polar surface area (TPSA) is 78.4 Å². The Hall–Kier alpha value is -2.51. The van der Waals surface area contributed by atoms with Crippen molar-refractivity contribution >= 4 is 34.9 Å². The van der Waals surface area contributed by atoms with Gasteiger partial charge in [0.15, 0.2) is 0 Å². The predicted octanol–water partition coefficient (Wildman–Crippen LogP) is 1.94. The number of amides is 2. The van der Waals surface area contributed by atoms with Crippen molar-refractivity contribution in [1.82, 2.24) is 14.9 Å². The molecule has 2 amide bonds. The third kappa shape index (κ3) is 4.52. The molecule has 130 valence electrons. The predicted molar refractivity (Wildman–Crippen MR) is 95.4 cm³/mol. The van der Waals surface area contributed by atoms with Gasteiger partial charge in [-0.25, -0.2) is 9.97 Å². The minimum atomic E-state index is -0.0979. The van der Waals surface area contributed by atoms with Crippen molar-refractivity contribution in [2.45, 2.75) is 13.5 Å². The monoisotopic (exact) mass is 359 g/mol. The van der Waals surface area contributed by atoms with Gasteiger partial charge in [-0.05, 0) is 17.7 Å². The lowest BCUT2D eigenvalue weighted by Gasteiger charge is -2.33. The maximum absolute atomic E-state index is 12.4. The summed E-state index contributed by atoms with van der Waals surface area (Å²) in [6.07, 6.45) is 1.36. The molecule has 1 aromatic heterocycles. The standard InChI is InChI=1S/C17H18ClN5O2/c1-12(24)21-14-4-2-13(3-5-14)9-22-6-7-23(17(25)10-22)16-8-15(18)19-11-20-16/h2-5,8,11H,6-7,9-10H2,1H3,(H,21,24). The molecule has 25 heavy (non-hydrogen) atoms. The summed E-state index contributed by atoms with van der Waals surface area (Å²) >= 11 is 5.87. The molecule has 0 saturated carbocycles. The van der Waals surface area contributed by atoms with Crippen LogP contribution in [0.3, 0.4) is 0 Å². The van der Waals surface area contributed by atoms with Gasteiger partial charge in [-0.1, -0.05) is 23.7 Å². The molecular formula is C17H18ClN5O2. The number of aromatic nitrogens is 2. The van der Waals surface area contributed by atoms with Gasteiger partial charge in [-0.15, -0.1) is 0 Å². The molecule has 7 nitrogen and oxygen atoms in total. The summed E-state index contributed by atoms with van der Waals surface area (Å²) in [6, 6.07) is 9.21. The van der Waals surface area contributed by atoms with Gasteiger partial charge in [0.05, 0.1) is 6.54 Å². The van der Waals surface area contributed by atoms with Crippen LogP contribution in [0.25, 0.3) is 0 Å². The molecular weight excluding hydrogens is 342 g/mol. The number of nitrogens with one attached hydrogen (secondary N) is 1. The average Bonchev–Trinajstić information content (AvgIpc) is 2.56. The zero-order chi connectivity index (χ0) is 17.8. The van der Waals surface area contributed by atoms with E-state index >= 15 is 0 Å². The lowest BCUT2D eigenvalue weighted by atomic mass is 10.1. The second-order valence-corrected chi connectivity index (χ2v) is 6.22. The Morgan fingerprint density at radius 3 is 2.64 bits per heavy atom. The zero-order valence-electron chi connectivity index (χ0n) is 13.8. The Bertz CT molecular complexity index is 781. The van der Waals surface area contributed by atoms with Gasteiger partial charge in [-0.3, -0.25) is 19.4 Å². The largest absolute Gasteiger partial charge is 0.326 e. The summed E-state index contributed by atoms with van der Waals surface area (Å²) in [5.74, 6) is 0.416. The van der Waals surface area contributed by atoms with E-state index in [1.807, 2.05) is 24.3 Å². The van der Waals surface area contributed by atoms with Gasteiger partial charge in [0.2, 0.25) is 11.8 Å². The first-order valence-corrected chi connectivity index (χ1v) is 8.26. The number of anilines is 2. The van der Waals surface area contributed by atoms with Crippen molar-refractivity contribution in [1.29, 1.82) is 0 Å². The van der Waals surface area contributed by atoms with Crippen molar-refractivity contribution < 1.29 is 9.59 Å². The van der Waals surface area contributed by atoms with E-state index in [1.54, 1.807) is 11.0 Å². The quantitative estimate of drug-likeness (QED) is 0.844. The average molecular weight is 360 g/mol. The van der Waals surface area contributed by atoms with E-state index in [0.29, 0.717) is 30.6 Å². The fourth-order valence-electron chi connectivity index (χ4n) is 2.73. The van der Waals surface area contributed by atoms with E-state index in [9.17, 15) is 9.59 Å². The highest BCUT2D eigenvalue weighted by molar-refractivity contribution is 6.29. The summed E-state index contributed by atoms with van der Waals surface area (Å²) in [5, 5.41) is 3.05. The molecule has 0 aliphatic carbocycles. The smallest absolute Gasteiger partial charge is 0.242 e. The van der Waals surface area contributed by atoms with E-state index in [2.05, 4.69) is 20.2 Å². The highest BCUT2D eigenvalue weighted by atomic mass is 35.5. The van der Waals surface area contributed by atoms with Crippen LogP contribution in [-0.2, 0) is 16.1 Å². The molecule has 3 rings (SSSR count). The van der Waals surface area contributed by atoms with Crippen LogP contribution in [0, 0.1) is 0 Å². The molecule has 1 aliphatic heterocycles. The molecule has 1 N–H and O–H groups in total. The van der Waals surface area contributed by atoms with E-state index in [4.69, 9.17) is 11.6 Å². The first-order chi connectivity index (χ1) is 12.0. The van der Waals surface area contributed by atoms with Crippen LogP contribution in [0.15, 0.2) is 36.7 Å². The third-order valence-electron chi connectivity index (χ3n) is 3.88. The SMILES string of the molecule is CC(=O)Nc1ccc(CN2CCN(c3cc(Cl)ncn3)C(=O)C2)cc1. The minimum Gasteiger partial charge on any atom is -0.326 e. The van der Waals surface area contributed by atoms with E-state index in [-0.39, 0.29) is 11.8 Å². The first-order valence-electron chi connectivity index (χ1n) is 7.88. The van der Waals surface area contributed by atoms with Crippen LogP contribution < -0.4 is 10.2 Å². The van der Waals surface area contributed by atoms with Crippen molar-refractivity contribution in [2.75, 3.05) is 29.9 Å². The summed E-state index contributed by atoms with van der Waals surface area (Å²) in [4.78, 5) is 35.1. The lowest BCUT2D eigenvalue weighted by Crippen LogP contribution is -2.50. The maximum Gasteiger partial charge on any atom is 0.242 e. The van der Waals surface area contributed by atoms with Gasteiger partial charge in [0.25, 0.3) is 0 Å².